The van der Waals surface area contributed by atoms with Gasteiger partial charge in [0.15, 0.2) is 0 Å². The average Bonchev–Trinajstić information content (AvgIpc) is 2.69. The Kier molecular flexibility index (Phi) is 5.89. The van der Waals surface area contributed by atoms with Gasteiger partial charge in [0, 0.05) is 17.2 Å². The number of allylic oxidation sites excluding steroid dienone is 1. The zero-order valence-electron chi connectivity index (χ0n) is 16.9. The van der Waals surface area contributed by atoms with Crippen LogP contribution in [-0.4, -0.2) is 23.7 Å². The van der Waals surface area contributed by atoms with E-state index < -0.39 is 5.97 Å². The zero-order chi connectivity index (χ0) is 21.0. The number of carboxylic acid groups (broad SMARTS) is 1. The van der Waals surface area contributed by atoms with Crippen LogP contribution in [0.5, 0.6) is 0 Å². The lowest BCUT2D eigenvalue weighted by atomic mass is 9.70. The van der Waals surface area contributed by atoms with Crippen LogP contribution in [0.1, 0.15) is 66.2 Å². The Balaban J connectivity index is 1.93. The van der Waals surface area contributed by atoms with Crippen molar-refractivity contribution in [1.29, 1.82) is 0 Å². The first-order valence-electron chi connectivity index (χ1n) is 9.68. The molecule has 0 saturated carbocycles. The molecule has 0 fully saturated rings. The van der Waals surface area contributed by atoms with Crippen LogP contribution in [0.25, 0.3) is 5.57 Å². The van der Waals surface area contributed by atoms with Crippen molar-refractivity contribution in [3.63, 3.8) is 0 Å². The molecule has 148 valence electrons. The number of esters is 1. The summed E-state index contributed by atoms with van der Waals surface area (Å²) in [4.78, 5) is 22.9. The molecule has 3 rings (SSSR count). The van der Waals surface area contributed by atoms with Gasteiger partial charge >= 0.3 is 11.9 Å². The number of ether oxygens (including phenoxy) is 1. The molecular formula is C25H24O4. The van der Waals surface area contributed by atoms with Gasteiger partial charge in [-0.05, 0) is 78.3 Å². The zero-order valence-corrected chi connectivity index (χ0v) is 16.9. The van der Waals surface area contributed by atoms with Gasteiger partial charge in [-0.3, -0.25) is 0 Å². The van der Waals surface area contributed by atoms with Crippen LogP contribution in [0.3, 0.4) is 0 Å². The van der Waals surface area contributed by atoms with E-state index in [1.54, 1.807) is 37.3 Å². The number of benzene rings is 2. The number of aromatic carboxylic acids is 1. The van der Waals surface area contributed by atoms with Crippen LogP contribution in [0.4, 0.5) is 0 Å². The minimum Gasteiger partial charge on any atom is -0.478 e. The second-order valence-corrected chi connectivity index (χ2v) is 7.70. The molecule has 0 aromatic heterocycles. The van der Waals surface area contributed by atoms with Crippen molar-refractivity contribution in [1.82, 2.24) is 0 Å². The van der Waals surface area contributed by atoms with Crippen LogP contribution < -0.4 is 0 Å². The molecule has 0 amide bonds. The molecule has 0 atom stereocenters. The maximum Gasteiger partial charge on any atom is 0.335 e. The van der Waals surface area contributed by atoms with Crippen LogP contribution >= 0.6 is 0 Å². The van der Waals surface area contributed by atoms with Crippen molar-refractivity contribution in [2.45, 2.75) is 39.0 Å². The third-order valence-electron chi connectivity index (χ3n) is 5.18. The number of rotatable bonds is 3. The van der Waals surface area contributed by atoms with Gasteiger partial charge in [-0.2, -0.15) is 0 Å². The molecular weight excluding hydrogens is 364 g/mol. The summed E-state index contributed by atoms with van der Waals surface area (Å²) in [5.74, 6) is 5.00. The minimum atomic E-state index is -0.951. The summed E-state index contributed by atoms with van der Waals surface area (Å²) >= 11 is 0. The lowest BCUT2D eigenvalue weighted by molar-refractivity contribution is -0.137. The highest BCUT2D eigenvalue weighted by Crippen LogP contribution is 2.42. The number of hydrogen-bond acceptors (Lipinski definition) is 3. The average molecular weight is 388 g/mol. The molecule has 0 spiro atoms. The van der Waals surface area contributed by atoms with E-state index in [4.69, 9.17) is 9.84 Å². The number of fused-ring (bicyclic) bond motifs is 1. The second kappa shape index (κ2) is 8.36. The summed E-state index contributed by atoms with van der Waals surface area (Å²) in [6.07, 6.45) is 3.38. The summed E-state index contributed by atoms with van der Waals surface area (Å²) in [5.41, 5.74) is 5.13. The number of carboxylic acids is 1. The molecule has 0 radical (unpaired) electrons. The number of hydrogen-bond donors (Lipinski definition) is 1. The van der Waals surface area contributed by atoms with Crippen molar-refractivity contribution in [2.24, 2.45) is 0 Å². The smallest absolute Gasteiger partial charge is 0.335 e. The fraction of sp³-hybridized carbons (Fsp3) is 0.280. The monoisotopic (exact) mass is 388 g/mol. The van der Waals surface area contributed by atoms with Crippen LogP contribution in [0, 0.1) is 11.8 Å². The molecule has 0 saturated heterocycles. The largest absolute Gasteiger partial charge is 0.478 e. The molecule has 4 heteroatoms. The third-order valence-corrected chi connectivity index (χ3v) is 5.18. The summed E-state index contributed by atoms with van der Waals surface area (Å²) in [6, 6.07) is 12.6. The van der Waals surface area contributed by atoms with Crippen LogP contribution in [0.2, 0.25) is 0 Å². The molecule has 1 N–H and O–H groups in total. The third kappa shape index (κ3) is 4.75. The fourth-order valence-corrected chi connectivity index (χ4v) is 3.50. The van der Waals surface area contributed by atoms with E-state index in [2.05, 4.69) is 31.8 Å². The number of carbonyl (C=O) groups is 2. The predicted octanol–water partition coefficient (Wildman–Crippen LogP) is 4.80. The van der Waals surface area contributed by atoms with Gasteiger partial charge in [0.1, 0.15) is 0 Å². The Bertz CT molecular complexity index is 1030. The van der Waals surface area contributed by atoms with E-state index in [0.29, 0.717) is 6.61 Å². The molecule has 2 aromatic rings. The van der Waals surface area contributed by atoms with E-state index >= 15 is 0 Å². The quantitative estimate of drug-likeness (QED) is 0.466. The maximum absolute atomic E-state index is 11.9. The molecule has 4 nitrogen and oxygen atoms in total. The molecule has 2 aromatic carbocycles. The van der Waals surface area contributed by atoms with Gasteiger partial charge in [-0.15, -0.1) is 0 Å². The summed E-state index contributed by atoms with van der Waals surface area (Å²) in [7, 11) is 0. The highest BCUT2D eigenvalue weighted by atomic mass is 16.5. The highest BCUT2D eigenvalue weighted by molar-refractivity contribution is 5.92. The molecule has 0 heterocycles. The fourth-order valence-electron chi connectivity index (χ4n) is 3.50. The predicted molar refractivity (Wildman–Crippen MR) is 113 cm³/mol. The lowest BCUT2D eigenvalue weighted by Crippen LogP contribution is -2.23. The Morgan fingerprint density at radius 1 is 1.10 bits per heavy atom. The first-order valence-corrected chi connectivity index (χ1v) is 9.68. The van der Waals surface area contributed by atoms with E-state index in [-0.39, 0.29) is 16.9 Å². The molecule has 0 bridgehead atoms. The topological polar surface area (TPSA) is 63.6 Å². The molecule has 29 heavy (non-hydrogen) atoms. The normalized spacial score (nSPS) is 15.8. The van der Waals surface area contributed by atoms with E-state index in [1.165, 1.54) is 5.56 Å². The molecule has 1 aliphatic rings. The minimum absolute atomic E-state index is 0.0117. The van der Waals surface area contributed by atoms with Gasteiger partial charge in [0.05, 0.1) is 12.2 Å². The van der Waals surface area contributed by atoms with E-state index in [1.807, 2.05) is 12.1 Å². The molecule has 1 aliphatic carbocycles. The van der Waals surface area contributed by atoms with Crippen molar-refractivity contribution < 1.29 is 19.4 Å². The van der Waals surface area contributed by atoms with Gasteiger partial charge in [0.25, 0.3) is 0 Å². The van der Waals surface area contributed by atoms with Crippen molar-refractivity contribution in [2.75, 3.05) is 6.61 Å². The second-order valence-electron chi connectivity index (χ2n) is 7.70. The maximum atomic E-state index is 11.9. The van der Waals surface area contributed by atoms with E-state index in [9.17, 15) is 9.59 Å². The van der Waals surface area contributed by atoms with E-state index in [0.717, 1.165) is 35.1 Å². The van der Waals surface area contributed by atoms with Crippen molar-refractivity contribution >= 4 is 17.5 Å². The Labute approximate surface area is 171 Å². The van der Waals surface area contributed by atoms with Crippen molar-refractivity contribution in [3.05, 3.63) is 76.4 Å². The van der Waals surface area contributed by atoms with Gasteiger partial charge in [-0.1, -0.05) is 31.8 Å². The summed E-state index contributed by atoms with van der Waals surface area (Å²) in [6.45, 7) is 6.57. The van der Waals surface area contributed by atoms with Gasteiger partial charge in [-0.25, -0.2) is 9.59 Å². The van der Waals surface area contributed by atoms with Crippen molar-refractivity contribution in [3.8, 4) is 11.8 Å². The Morgan fingerprint density at radius 2 is 1.76 bits per heavy atom. The van der Waals surface area contributed by atoms with Gasteiger partial charge < -0.3 is 9.84 Å². The Hall–Kier alpha value is -3.32. The lowest BCUT2D eigenvalue weighted by Gasteiger charge is -2.34. The highest BCUT2D eigenvalue weighted by Gasteiger charge is 2.30. The van der Waals surface area contributed by atoms with Crippen LogP contribution in [-0.2, 0) is 14.9 Å². The Morgan fingerprint density at radius 3 is 2.41 bits per heavy atom. The van der Waals surface area contributed by atoms with Crippen LogP contribution in [0.15, 0.2) is 48.5 Å². The van der Waals surface area contributed by atoms with Gasteiger partial charge in [0.2, 0.25) is 0 Å². The summed E-state index contributed by atoms with van der Waals surface area (Å²) < 4.78 is 5.07. The molecule has 0 aliphatic heterocycles. The summed E-state index contributed by atoms with van der Waals surface area (Å²) in [5, 5.41) is 8.98. The first kappa shape index (κ1) is 20.4. The SMILES string of the molecule is CCOC(=O)C=C1CCC(C)(C)c2cc(C#Cc3ccc(C(=O)O)cc3)ccc21. The molecule has 0 unspecified atom stereocenters. The first-order chi connectivity index (χ1) is 13.8. The standard InChI is InChI=1S/C25H24O4/c1-4-29-23(26)16-20-13-14-25(2,3)22-15-18(9-12-21(20)22)6-5-17-7-10-19(11-8-17)24(27)28/h7-12,15-16H,4,13-14H2,1-3H3,(H,27,28). The number of carbonyl (C=O) groups excluding carboxylic acids is 1.